The van der Waals surface area contributed by atoms with Crippen molar-refractivity contribution in [2.75, 3.05) is 40.3 Å². The first-order valence-corrected chi connectivity index (χ1v) is 11.8. The van der Waals surface area contributed by atoms with Crippen molar-refractivity contribution in [2.24, 2.45) is 0 Å². The number of carbonyl (C=O) groups is 2. The number of piperidine rings is 1. The Morgan fingerprint density at radius 2 is 1.84 bits per heavy atom. The number of nitrogens with zero attached hydrogens (tertiary/aromatic N) is 3. The van der Waals surface area contributed by atoms with E-state index in [0.29, 0.717) is 25.6 Å². The molecule has 31 heavy (non-hydrogen) atoms. The molecule has 3 unspecified atom stereocenters. The summed E-state index contributed by atoms with van der Waals surface area (Å²) in [7, 11) is 4.32. The molecule has 1 aromatic rings. The molecule has 2 N–H and O–H groups in total. The topological polar surface area (TPSA) is 67.9 Å². The molecule has 3 fully saturated rings. The van der Waals surface area contributed by atoms with Gasteiger partial charge < -0.3 is 15.5 Å². The monoisotopic (exact) mass is 427 g/mol. The number of benzene rings is 1. The maximum absolute atomic E-state index is 13.0. The van der Waals surface area contributed by atoms with Crippen LogP contribution in [-0.4, -0.2) is 91.0 Å². The Hall–Kier alpha value is -1.96. The normalized spacial score (nSPS) is 28.7. The second kappa shape index (κ2) is 10.1. The summed E-state index contributed by atoms with van der Waals surface area (Å²) < 4.78 is 0. The molecule has 7 nitrogen and oxygen atoms in total. The predicted octanol–water partition coefficient (Wildman–Crippen LogP) is 1.05. The lowest BCUT2D eigenvalue weighted by Gasteiger charge is -2.39. The lowest BCUT2D eigenvalue weighted by atomic mass is 10.0. The van der Waals surface area contributed by atoms with Crippen LogP contribution in [0.1, 0.15) is 37.7 Å². The van der Waals surface area contributed by atoms with E-state index in [0.717, 1.165) is 50.9 Å². The van der Waals surface area contributed by atoms with E-state index in [9.17, 15) is 9.59 Å². The minimum atomic E-state index is -0.0599. The van der Waals surface area contributed by atoms with Gasteiger partial charge in [0.25, 0.3) is 0 Å². The molecule has 3 aliphatic rings. The third-order valence-electron chi connectivity index (χ3n) is 7.48. The van der Waals surface area contributed by atoms with Crippen LogP contribution in [0.25, 0.3) is 0 Å². The van der Waals surface area contributed by atoms with Crippen LogP contribution in [0.5, 0.6) is 0 Å². The van der Waals surface area contributed by atoms with Crippen LogP contribution in [0.4, 0.5) is 0 Å². The number of nitrogens with one attached hydrogen (secondary N) is 2. The Bertz CT molecular complexity index is 750. The number of rotatable bonds is 6. The Morgan fingerprint density at radius 3 is 2.58 bits per heavy atom. The lowest BCUT2D eigenvalue weighted by Crippen LogP contribution is -2.54. The van der Waals surface area contributed by atoms with E-state index < -0.39 is 0 Å². The third kappa shape index (κ3) is 5.27. The van der Waals surface area contributed by atoms with Gasteiger partial charge >= 0.3 is 0 Å². The van der Waals surface area contributed by atoms with Gasteiger partial charge in [0.2, 0.25) is 11.8 Å². The highest BCUT2D eigenvalue weighted by Gasteiger charge is 2.47. The maximum atomic E-state index is 13.0. The fraction of sp³-hybridized carbons (Fsp3) is 0.667. The summed E-state index contributed by atoms with van der Waals surface area (Å²) >= 11 is 0. The molecule has 0 aromatic heterocycles. The van der Waals surface area contributed by atoms with Crippen LogP contribution >= 0.6 is 0 Å². The standard InChI is InChI=1S/C24H37N5O2/c1-27-13-10-19(11-14-27)29-15-12-21-23(29)24(31)26-17-20(28(21)2)8-9-22(30)25-16-18-6-4-3-5-7-18/h3-7,19-21,23H,8-17H2,1-2H3,(H,25,30)(H,26,31). The van der Waals surface area contributed by atoms with Gasteiger partial charge in [-0.3, -0.25) is 19.4 Å². The van der Waals surface area contributed by atoms with Gasteiger partial charge in [-0.25, -0.2) is 0 Å². The van der Waals surface area contributed by atoms with Gasteiger partial charge in [0.15, 0.2) is 0 Å². The molecule has 1 aromatic carbocycles. The lowest BCUT2D eigenvalue weighted by molar-refractivity contribution is -0.127. The Labute approximate surface area is 186 Å². The van der Waals surface area contributed by atoms with Gasteiger partial charge in [-0.2, -0.15) is 0 Å². The molecule has 170 valence electrons. The zero-order valence-corrected chi connectivity index (χ0v) is 18.9. The summed E-state index contributed by atoms with van der Waals surface area (Å²) in [6, 6.07) is 10.9. The van der Waals surface area contributed by atoms with Crippen molar-refractivity contribution in [3.05, 3.63) is 35.9 Å². The summed E-state index contributed by atoms with van der Waals surface area (Å²) in [6.07, 6.45) is 4.55. The molecule has 0 spiro atoms. The molecular formula is C24H37N5O2. The van der Waals surface area contributed by atoms with Crippen LogP contribution in [0.15, 0.2) is 30.3 Å². The second-order valence-electron chi connectivity index (χ2n) is 9.44. The molecule has 0 saturated carbocycles. The van der Waals surface area contributed by atoms with Crippen molar-refractivity contribution < 1.29 is 9.59 Å². The molecule has 0 aliphatic carbocycles. The van der Waals surface area contributed by atoms with E-state index in [2.05, 4.69) is 39.4 Å². The van der Waals surface area contributed by atoms with Gasteiger partial charge in [-0.05, 0) is 58.4 Å². The SMILES string of the molecule is CN1CCC(N2CCC3C2C(=O)NCC(CCC(=O)NCc2ccccc2)N3C)CC1. The van der Waals surface area contributed by atoms with E-state index in [-0.39, 0.29) is 29.9 Å². The first kappa shape index (κ1) is 22.2. The minimum absolute atomic E-state index is 0.0599. The van der Waals surface area contributed by atoms with Crippen molar-refractivity contribution in [3.8, 4) is 0 Å². The van der Waals surface area contributed by atoms with E-state index in [4.69, 9.17) is 0 Å². The van der Waals surface area contributed by atoms with Crippen molar-refractivity contribution in [2.45, 2.75) is 62.8 Å². The Morgan fingerprint density at radius 1 is 1.10 bits per heavy atom. The van der Waals surface area contributed by atoms with Crippen LogP contribution in [-0.2, 0) is 16.1 Å². The van der Waals surface area contributed by atoms with Crippen molar-refractivity contribution in [1.82, 2.24) is 25.3 Å². The van der Waals surface area contributed by atoms with Crippen LogP contribution in [0, 0.1) is 0 Å². The number of hydrogen-bond donors (Lipinski definition) is 2. The summed E-state index contributed by atoms with van der Waals surface area (Å²) in [5, 5.41) is 6.21. The number of amides is 2. The van der Waals surface area contributed by atoms with Crippen LogP contribution in [0.3, 0.4) is 0 Å². The second-order valence-corrected chi connectivity index (χ2v) is 9.44. The molecule has 4 rings (SSSR count). The van der Waals surface area contributed by atoms with Crippen molar-refractivity contribution in [1.29, 1.82) is 0 Å². The van der Waals surface area contributed by atoms with Crippen molar-refractivity contribution >= 4 is 11.8 Å². The average molecular weight is 428 g/mol. The first-order chi connectivity index (χ1) is 15.0. The molecule has 3 heterocycles. The maximum Gasteiger partial charge on any atom is 0.239 e. The number of carbonyl (C=O) groups excluding carboxylic acids is 2. The van der Waals surface area contributed by atoms with E-state index >= 15 is 0 Å². The summed E-state index contributed by atoms with van der Waals surface area (Å²) in [4.78, 5) is 32.7. The predicted molar refractivity (Wildman–Crippen MR) is 122 cm³/mol. The summed E-state index contributed by atoms with van der Waals surface area (Å²) in [5.41, 5.74) is 1.11. The smallest absolute Gasteiger partial charge is 0.239 e. The van der Waals surface area contributed by atoms with Gasteiger partial charge in [0, 0.05) is 44.2 Å². The van der Waals surface area contributed by atoms with E-state index in [1.54, 1.807) is 0 Å². The molecule has 0 radical (unpaired) electrons. The summed E-state index contributed by atoms with van der Waals surface area (Å²) in [5.74, 6) is 0.244. The third-order valence-corrected chi connectivity index (χ3v) is 7.48. The first-order valence-electron chi connectivity index (χ1n) is 11.8. The van der Waals surface area contributed by atoms with Crippen LogP contribution < -0.4 is 10.6 Å². The molecule has 2 amide bonds. The summed E-state index contributed by atoms with van der Waals surface area (Å²) in [6.45, 7) is 4.39. The van der Waals surface area contributed by atoms with Gasteiger partial charge in [0.1, 0.15) is 6.04 Å². The quantitative estimate of drug-likeness (QED) is 0.710. The van der Waals surface area contributed by atoms with Gasteiger partial charge in [-0.1, -0.05) is 30.3 Å². The van der Waals surface area contributed by atoms with Gasteiger partial charge in [-0.15, -0.1) is 0 Å². The highest BCUT2D eigenvalue weighted by molar-refractivity contribution is 5.83. The number of hydrogen-bond acceptors (Lipinski definition) is 5. The number of likely N-dealkylation sites (tertiary alicyclic amines) is 2. The zero-order chi connectivity index (χ0) is 21.8. The van der Waals surface area contributed by atoms with E-state index in [1.807, 2.05) is 30.3 Å². The zero-order valence-electron chi connectivity index (χ0n) is 18.9. The van der Waals surface area contributed by atoms with Crippen LogP contribution in [0.2, 0.25) is 0 Å². The average Bonchev–Trinajstić information content (AvgIpc) is 3.19. The number of fused-ring (bicyclic) bond motifs is 1. The molecular weight excluding hydrogens is 390 g/mol. The van der Waals surface area contributed by atoms with Crippen molar-refractivity contribution in [3.63, 3.8) is 0 Å². The largest absolute Gasteiger partial charge is 0.353 e. The highest BCUT2D eigenvalue weighted by Crippen LogP contribution is 2.31. The van der Waals surface area contributed by atoms with E-state index in [1.165, 1.54) is 0 Å². The van der Waals surface area contributed by atoms with Gasteiger partial charge in [0.05, 0.1) is 0 Å². The molecule has 3 saturated heterocycles. The number of likely N-dealkylation sites (N-methyl/N-ethyl adjacent to an activating group) is 1. The molecule has 0 bridgehead atoms. The fourth-order valence-electron chi connectivity index (χ4n) is 5.51. The fourth-order valence-corrected chi connectivity index (χ4v) is 5.51. The highest BCUT2D eigenvalue weighted by atomic mass is 16.2. The minimum Gasteiger partial charge on any atom is -0.353 e. The molecule has 7 heteroatoms. The molecule has 3 aliphatic heterocycles. The Balaban J connectivity index is 1.31. The Kier molecular flexibility index (Phi) is 7.25. The molecule has 3 atom stereocenters.